The molecule has 0 aliphatic carbocycles. The van der Waals surface area contributed by atoms with Gasteiger partial charge < -0.3 is 19.5 Å². The average molecular weight is 490 g/mol. The monoisotopic (exact) mass is 489 g/mol. The highest BCUT2D eigenvalue weighted by Gasteiger charge is 2.19. The van der Waals surface area contributed by atoms with E-state index in [4.69, 9.17) is 25.8 Å². The molecule has 0 aromatic heterocycles. The summed E-state index contributed by atoms with van der Waals surface area (Å²) in [6, 6.07) is 8.72. The van der Waals surface area contributed by atoms with Crippen molar-refractivity contribution in [2.45, 2.75) is 20.8 Å². The highest BCUT2D eigenvalue weighted by atomic mass is 127. The highest BCUT2D eigenvalue weighted by molar-refractivity contribution is 14.1. The lowest BCUT2D eigenvalue weighted by atomic mass is 10.1. The van der Waals surface area contributed by atoms with Crippen molar-refractivity contribution in [2.75, 3.05) is 25.1 Å². The van der Waals surface area contributed by atoms with Crippen LogP contribution in [-0.4, -0.2) is 25.7 Å². The maximum Gasteiger partial charge on any atom is 0.255 e. The van der Waals surface area contributed by atoms with Crippen LogP contribution in [0.15, 0.2) is 30.3 Å². The number of ether oxygens (including phenoxy) is 3. The van der Waals surface area contributed by atoms with Crippen molar-refractivity contribution in [3.63, 3.8) is 0 Å². The first-order valence-electron chi connectivity index (χ1n) is 8.32. The topological polar surface area (TPSA) is 56.8 Å². The van der Waals surface area contributed by atoms with E-state index in [-0.39, 0.29) is 5.91 Å². The summed E-state index contributed by atoms with van der Waals surface area (Å²) in [5.74, 6) is 1.14. The molecule has 26 heavy (non-hydrogen) atoms. The van der Waals surface area contributed by atoms with E-state index in [1.807, 2.05) is 26.8 Å². The molecule has 0 heterocycles. The summed E-state index contributed by atoms with van der Waals surface area (Å²) >= 11 is 8.36. The molecule has 2 aromatic rings. The van der Waals surface area contributed by atoms with Crippen LogP contribution in [0.2, 0.25) is 5.02 Å². The fourth-order valence-electron chi connectivity index (χ4n) is 2.31. The van der Waals surface area contributed by atoms with Crippen LogP contribution in [0.5, 0.6) is 17.2 Å². The Labute approximate surface area is 172 Å². The van der Waals surface area contributed by atoms with Crippen LogP contribution in [0.3, 0.4) is 0 Å². The molecule has 0 saturated carbocycles. The molecular formula is C19H21ClINO4. The molecule has 140 valence electrons. The number of halogens is 2. The smallest absolute Gasteiger partial charge is 0.255 e. The third-order valence-corrected chi connectivity index (χ3v) is 4.33. The van der Waals surface area contributed by atoms with Crippen molar-refractivity contribution in [3.8, 4) is 17.2 Å². The fraction of sp³-hybridized carbons (Fsp3) is 0.316. The first-order chi connectivity index (χ1) is 12.5. The van der Waals surface area contributed by atoms with E-state index in [0.29, 0.717) is 53.3 Å². The van der Waals surface area contributed by atoms with Gasteiger partial charge in [-0.15, -0.1) is 0 Å². The molecule has 0 saturated heterocycles. The van der Waals surface area contributed by atoms with E-state index in [1.165, 1.54) is 0 Å². The second kappa shape index (κ2) is 9.87. The predicted octanol–water partition coefficient (Wildman–Crippen LogP) is 5.39. The third-order valence-electron chi connectivity index (χ3n) is 3.35. The summed E-state index contributed by atoms with van der Waals surface area (Å²) in [7, 11) is 0. The Morgan fingerprint density at radius 1 is 1.00 bits per heavy atom. The second-order valence-electron chi connectivity index (χ2n) is 5.18. The molecule has 1 N–H and O–H groups in total. The molecule has 2 rings (SSSR count). The van der Waals surface area contributed by atoms with E-state index >= 15 is 0 Å². The molecule has 2 aromatic carbocycles. The van der Waals surface area contributed by atoms with Gasteiger partial charge >= 0.3 is 0 Å². The molecule has 1 amide bonds. The Hall–Kier alpha value is -1.67. The zero-order valence-corrected chi connectivity index (χ0v) is 17.8. The Morgan fingerprint density at radius 2 is 1.58 bits per heavy atom. The molecule has 0 spiro atoms. The molecule has 0 bridgehead atoms. The largest absolute Gasteiger partial charge is 0.490 e. The SMILES string of the molecule is CCOc1cc(C(=O)Nc2ccc(I)cc2Cl)cc(OCC)c1OCC. The van der Waals surface area contributed by atoms with Crippen LogP contribution in [0.4, 0.5) is 5.69 Å². The van der Waals surface area contributed by atoms with Crippen LogP contribution in [0.1, 0.15) is 31.1 Å². The van der Waals surface area contributed by atoms with Gasteiger partial charge in [0.05, 0.1) is 30.5 Å². The number of amides is 1. The van der Waals surface area contributed by atoms with E-state index in [9.17, 15) is 4.79 Å². The van der Waals surface area contributed by atoms with Crippen molar-refractivity contribution in [1.82, 2.24) is 0 Å². The normalized spacial score (nSPS) is 10.3. The fourth-order valence-corrected chi connectivity index (χ4v) is 3.21. The molecule has 0 radical (unpaired) electrons. The van der Waals surface area contributed by atoms with E-state index < -0.39 is 0 Å². The van der Waals surface area contributed by atoms with Gasteiger partial charge in [-0.3, -0.25) is 4.79 Å². The second-order valence-corrected chi connectivity index (χ2v) is 6.83. The van der Waals surface area contributed by atoms with Crippen molar-refractivity contribution in [3.05, 3.63) is 44.5 Å². The van der Waals surface area contributed by atoms with E-state index in [2.05, 4.69) is 27.9 Å². The molecule has 0 atom stereocenters. The summed E-state index contributed by atoms with van der Waals surface area (Å²) in [5.41, 5.74) is 0.942. The third kappa shape index (κ3) is 5.17. The minimum Gasteiger partial charge on any atom is -0.490 e. The summed E-state index contributed by atoms with van der Waals surface area (Å²) in [4.78, 5) is 12.7. The summed E-state index contributed by atoms with van der Waals surface area (Å²) in [6.07, 6.45) is 0. The van der Waals surface area contributed by atoms with Gasteiger partial charge in [0.25, 0.3) is 5.91 Å². The quantitative estimate of drug-likeness (QED) is 0.505. The molecule has 7 heteroatoms. The zero-order valence-electron chi connectivity index (χ0n) is 14.9. The van der Waals surface area contributed by atoms with Crippen LogP contribution in [0.25, 0.3) is 0 Å². The van der Waals surface area contributed by atoms with Crippen molar-refractivity contribution in [1.29, 1.82) is 0 Å². The first-order valence-corrected chi connectivity index (χ1v) is 9.78. The van der Waals surface area contributed by atoms with Gasteiger partial charge in [-0.1, -0.05) is 11.6 Å². The number of benzene rings is 2. The van der Waals surface area contributed by atoms with Gasteiger partial charge in [-0.2, -0.15) is 0 Å². The minimum atomic E-state index is -0.307. The Morgan fingerprint density at radius 3 is 2.08 bits per heavy atom. The summed E-state index contributed by atoms with van der Waals surface area (Å²) in [6.45, 7) is 6.97. The number of nitrogens with one attached hydrogen (secondary N) is 1. The van der Waals surface area contributed by atoms with Crippen LogP contribution >= 0.6 is 34.2 Å². The van der Waals surface area contributed by atoms with Gasteiger partial charge in [0.2, 0.25) is 5.75 Å². The maximum atomic E-state index is 12.7. The molecular weight excluding hydrogens is 469 g/mol. The average Bonchev–Trinajstić information content (AvgIpc) is 2.60. The minimum absolute atomic E-state index is 0.307. The molecule has 0 unspecified atom stereocenters. The lowest BCUT2D eigenvalue weighted by Gasteiger charge is -2.17. The van der Waals surface area contributed by atoms with Crippen LogP contribution in [0, 0.1) is 3.57 Å². The molecule has 0 aliphatic heterocycles. The molecule has 0 fully saturated rings. The van der Waals surface area contributed by atoms with Crippen molar-refractivity contribution in [2.24, 2.45) is 0 Å². The van der Waals surface area contributed by atoms with Crippen molar-refractivity contribution < 1.29 is 19.0 Å². The van der Waals surface area contributed by atoms with Gasteiger partial charge in [-0.25, -0.2) is 0 Å². The Balaban J connectivity index is 2.38. The molecule has 0 aliphatic rings. The van der Waals surface area contributed by atoms with Gasteiger partial charge in [0, 0.05) is 9.13 Å². The van der Waals surface area contributed by atoms with Crippen molar-refractivity contribution >= 4 is 45.8 Å². The lowest BCUT2D eigenvalue weighted by Crippen LogP contribution is -2.13. The standard InChI is InChI=1S/C19H21ClINO4/c1-4-24-16-9-12(10-17(25-5-2)18(16)26-6-3)19(23)22-15-8-7-13(21)11-14(15)20/h7-11H,4-6H2,1-3H3,(H,22,23). The van der Waals surface area contributed by atoms with Crippen LogP contribution < -0.4 is 19.5 Å². The Bertz CT molecular complexity index is 755. The Kier molecular flexibility index (Phi) is 7.84. The van der Waals surface area contributed by atoms with E-state index in [0.717, 1.165) is 3.57 Å². The zero-order chi connectivity index (χ0) is 19.1. The summed E-state index contributed by atoms with van der Waals surface area (Å²) in [5, 5.41) is 3.30. The van der Waals surface area contributed by atoms with Gasteiger partial charge in [0.15, 0.2) is 11.5 Å². The van der Waals surface area contributed by atoms with Gasteiger partial charge in [-0.05, 0) is 73.7 Å². The number of hydrogen-bond donors (Lipinski definition) is 1. The predicted molar refractivity (Wildman–Crippen MR) is 112 cm³/mol. The summed E-state index contributed by atoms with van der Waals surface area (Å²) < 4.78 is 17.9. The maximum absolute atomic E-state index is 12.7. The first kappa shape index (κ1) is 20.6. The number of hydrogen-bond acceptors (Lipinski definition) is 4. The van der Waals surface area contributed by atoms with Gasteiger partial charge in [0.1, 0.15) is 0 Å². The number of carbonyl (C=O) groups excluding carboxylic acids is 1. The number of anilines is 1. The number of carbonyl (C=O) groups is 1. The van der Waals surface area contributed by atoms with Crippen LogP contribution in [-0.2, 0) is 0 Å². The van der Waals surface area contributed by atoms with E-state index in [1.54, 1.807) is 24.3 Å². The highest BCUT2D eigenvalue weighted by Crippen LogP contribution is 2.39. The lowest BCUT2D eigenvalue weighted by molar-refractivity contribution is 0.102. The molecule has 5 nitrogen and oxygen atoms in total. The number of rotatable bonds is 8.